The van der Waals surface area contributed by atoms with Crippen LogP contribution in [0.5, 0.6) is 0 Å². The van der Waals surface area contributed by atoms with Crippen LogP contribution in [0, 0.1) is 13.8 Å². The Kier molecular flexibility index (Phi) is 3.69. The van der Waals surface area contributed by atoms with Gasteiger partial charge in [0.05, 0.1) is 22.8 Å². The third-order valence-electron chi connectivity index (χ3n) is 2.95. The molecule has 2 N–H and O–H groups in total. The monoisotopic (exact) mass is 304 g/mol. The maximum atomic E-state index is 12.7. The number of halogens is 4. The van der Waals surface area contributed by atoms with Crippen LogP contribution < -0.4 is 5.73 Å². The van der Waals surface area contributed by atoms with Crippen LogP contribution in [-0.4, -0.2) is 11.3 Å². The predicted molar refractivity (Wildman–Crippen MR) is 70.6 cm³/mol. The molecule has 0 bridgehead atoms. The third-order valence-corrected chi connectivity index (χ3v) is 3.40. The van der Waals surface area contributed by atoms with E-state index in [2.05, 4.69) is 5.16 Å². The van der Waals surface area contributed by atoms with Gasteiger partial charge in [0.1, 0.15) is 5.76 Å². The highest BCUT2D eigenvalue weighted by Gasteiger charge is 2.32. The Balaban J connectivity index is 2.68. The first kappa shape index (κ1) is 14.7. The van der Waals surface area contributed by atoms with Gasteiger partial charge in [0.25, 0.3) is 0 Å². The Bertz CT molecular complexity index is 630. The molecule has 0 radical (unpaired) electrons. The number of alkyl halides is 3. The van der Waals surface area contributed by atoms with Gasteiger partial charge in [-0.25, -0.2) is 0 Å². The zero-order valence-electron chi connectivity index (χ0n) is 10.8. The van der Waals surface area contributed by atoms with E-state index in [4.69, 9.17) is 21.9 Å². The lowest BCUT2D eigenvalue weighted by molar-refractivity contribution is -0.127. The van der Waals surface area contributed by atoms with Crippen LogP contribution >= 0.6 is 11.6 Å². The van der Waals surface area contributed by atoms with Crippen LogP contribution in [0.25, 0.3) is 11.1 Å². The van der Waals surface area contributed by atoms with E-state index in [1.54, 1.807) is 13.8 Å². The Morgan fingerprint density at radius 1 is 1.30 bits per heavy atom. The van der Waals surface area contributed by atoms with Crippen molar-refractivity contribution in [3.05, 3.63) is 34.2 Å². The van der Waals surface area contributed by atoms with Crippen molar-refractivity contribution in [3.63, 3.8) is 0 Å². The first-order valence-corrected chi connectivity index (χ1v) is 6.15. The average molecular weight is 305 g/mol. The van der Waals surface area contributed by atoms with Crippen molar-refractivity contribution in [3.8, 4) is 11.1 Å². The lowest BCUT2D eigenvalue weighted by atomic mass is 9.95. The second-order valence-electron chi connectivity index (χ2n) is 4.49. The number of rotatable bonds is 2. The van der Waals surface area contributed by atoms with Crippen molar-refractivity contribution in [2.24, 2.45) is 0 Å². The Morgan fingerprint density at radius 2 is 1.95 bits per heavy atom. The van der Waals surface area contributed by atoms with Crippen LogP contribution in [0.1, 0.15) is 17.0 Å². The Hall–Kier alpha value is -1.69. The fraction of sp³-hybridized carbons (Fsp3) is 0.308. The van der Waals surface area contributed by atoms with E-state index in [0.717, 1.165) is 0 Å². The van der Waals surface area contributed by atoms with Gasteiger partial charge < -0.3 is 10.3 Å². The normalized spacial score (nSPS) is 11.9. The van der Waals surface area contributed by atoms with Gasteiger partial charge in [0.2, 0.25) is 0 Å². The summed E-state index contributed by atoms with van der Waals surface area (Å²) in [4.78, 5) is 0. The largest absolute Gasteiger partial charge is 0.398 e. The number of aromatic nitrogens is 1. The van der Waals surface area contributed by atoms with E-state index < -0.39 is 12.6 Å². The summed E-state index contributed by atoms with van der Waals surface area (Å²) in [5.41, 5.74) is 7.02. The molecule has 0 saturated heterocycles. The summed E-state index contributed by atoms with van der Waals surface area (Å²) < 4.78 is 43.2. The van der Waals surface area contributed by atoms with E-state index in [1.807, 2.05) is 0 Å². The second-order valence-corrected chi connectivity index (χ2v) is 4.86. The molecular weight excluding hydrogens is 293 g/mol. The van der Waals surface area contributed by atoms with Crippen molar-refractivity contribution >= 4 is 17.3 Å². The number of anilines is 1. The Labute approximate surface area is 118 Å². The molecule has 0 atom stereocenters. The van der Waals surface area contributed by atoms with E-state index >= 15 is 0 Å². The number of hydrogen-bond donors (Lipinski definition) is 1. The fourth-order valence-corrected chi connectivity index (χ4v) is 2.35. The molecule has 7 heteroatoms. The molecule has 0 saturated carbocycles. The minimum atomic E-state index is -4.38. The molecule has 0 spiro atoms. The number of aryl methyl sites for hydroxylation is 2. The molecule has 108 valence electrons. The van der Waals surface area contributed by atoms with Crippen LogP contribution in [0.4, 0.5) is 18.9 Å². The molecule has 1 aromatic carbocycles. The van der Waals surface area contributed by atoms with Gasteiger partial charge in [-0.05, 0) is 31.0 Å². The highest BCUT2D eigenvalue weighted by molar-refractivity contribution is 6.34. The molecule has 0 aliphatic carbocycles. The first-order chi connectivity index (χ1) is 9.20. The summed E-state index contributed by atoms with van der Waals surface area (Å²) in [7, 11) is 0. The van der Waals surface area contributed by atoms with Gasteiger partial charge in [-0.1, -0.05) is 22.8 Å². The van der Waals surface area contributed by atoms with Crippen LogP contribution in [0.15, 0.2) is 16.7 Å². The highest BCUT2D eigenvalue weighted by Crippen LogP contribution is 2.39. The number of nitrogens with zero attached hydrogens (tertiary/aromatic N) is 1. The zero-order valence-corrected chi connectivity index (χ0v) is 11.6. The minimum absolute atomic E-state index is 0.0615. The predicted octanol–water partition coefficient (Wildman–Crippen LogP) is 4.30. The first-order valence-electron chi connectivity index (χ1n) is 5.77. The van der Waals surface area contributed by atoms with Crippen LogP contribution in [-0.2, 0) is 6.42 Å². The van der Waals surface area contributed by atoms with Crippen molar-refractivity contribution in [1.29, 1.82) is 0 Å². The zero-order chi connectivity index (χ0) is 15.1. The third kappa shape index (κ3) is 2.75. The summed E-state index contributed by atoms with van der Waals surface area (Å²) in [6.45, 7) is 3.30. The topological polar surface area (TPSA) is 52.0 Å². The van der Waals surface area contributed by atoms with E-state index in [0.29, 0.717) is 22.6 Å². The summed E-state index contributed by atoms with van der Waals surface area (Å²) >= 11 is 5.95. The van der Waals surface area contributed by atoms with Gasteiger partial charge in [-0.3, -0.25) is 0 Å². The van der Waals surface area contributed by atoms with E-state index in [-0.39, 0.29) is 16.3 Å². The quantitative estimate of drug-likeness (QED) is 0.842. The maximum absolute atomic E-state index is 12.7. The van der Waals surface area contributed by atoms with Gasteiger partial charge in [-0.15, -0.1) is 0 Å². The van der Waals surface area contributed by atoms with Crippen molar-refractivity contribution < 1.29 is 17.7 Å². The molecule has 0 amide bonds. The van der Waals surface area contributed by atoms with Gasteiger partial charge in [-0.2, -0.15) is 13.2 Å². The van der Waals surface area contributed by atoms with Crippen LogP contribution in [0.3, 0.4) is 0 Å². The lowest BCUT2D eigenvalue weighted by Crippen LogP contribution is -2.13. The van der Waals surface area contributed by atoms with Gasteiger partial charge in [0, 0.05) is 5.56 Å². The van der Waals surface area contributed by atoms with E-state index in [1.165, 1.54) is 12.1 Å². The molecule has 0 aliphatic rings. The fourth-order valence-electron chi connectivity index (χ4n) is 2.11. The van der Waals surface area contributed by atoms with Crippen molar-refractivity contribution in [1.82, 2.24) is 5.16 Å². The lowest BCUT2D eigenvalue weighted by Gasteiger charge is -2.15. The molecule has 20 heavy (non-hydrogen) atoms. The number of nitrogen functional groups attached to an aromatic ring is 1. The molecule has 0 unspecified atom stereocenters. The molecule has 0 fully saturated rings. The molecule has 0 aliphatic heterocycles. The SMILES string of the molecule is Cc1noc(C)c1-c1ccc(N)c(Cl)c1CC(F)(F)F. The summed E-state index contributed by atoms with van der Waals surface area (Å²) in [5.74, 6) is 0.437. The molecule has 2 aromatic rings. The smallest absolute Gasteiger partial charge is 0.393 e. The minimum Gasteiger partial charge on any atom is -0.398 e. The van der Waals surface area contributed by atoms with E-state index in [9.17, 15) is 13.2 Å². The highest BCUT2D eigenvalue weighted by atomic mass is 35.5. The van der Waals surface area contributed by atoms with Crippen LogP contribution in [0.2, 0.25) is 5.02 Å². The van der Waals surface area contributed by atoms with Gasteiger partial charge >= 0.3 is 6.18 Å². The average Bonchev–Trinajstić information content (AvgIpc) is 2.65. The molecular formula is C13H12ClF3N2O. The number of nitrogens with two attached hydrogens (primary N) is 1. The molecule has 2 rings (SSSR count). The summed E-state index contributed by atoms with van der Waals surface area (Å²) in [6.07, 6.45) is -5.54. The molecule has 3 nitrogen and oxygen atoms in total. The molecule has 1 aromatic heterocycles. The van der Waals surface area contributed by atoms with Crippen molar-refractivity contribution in [2.45, 2.75) is 26.4 Å². The summed E-state index contributed by atoms with van der Waals surface area (Å²) in [5, 5.41) is 3.67. The second kappa shape index (κ2) is 5.01. The van der Waals surface area contributed by atoms with Gasteiger partial charge in [0.15, 0.2) is 0 Å². The number of hydrogen-bond acceptors (Lipinski definition) is 3. The molecule has 1 heterocycles. The Morgan fingerprint density at radius 3 is 2.45 bits per heavy atom. The van der Waals surface area contributed by atoms with Crippen molar-refractivity contribution in [2.75, 3.05) is 5.73 Å². The maximum Gasteiger partial charge on any atom is 0.393 e. The number of benzene rings is 1. The summed E-state index contributed by atoms with van der Waals surface area (Å²) in [6, 6.07) is 2.98. The standard InChI is InChI=1S/C13H12ClF3N2O/c1-6-11(7(2)20-19-6)8-3-4-10(18)12(14)9(8)5-13(15,16)17/h3-4H,5,18H2,1-2H3.